The molecular formula is C24H33N5O3S. The predicted molar refractivity (Wildman–Crippen MR) is 130 cm³/mol. The van der Waals surface area contributed by atoms with Crippen LogP contribution in [0.4, 0.5) is 11.5 Å². The smallest absolute Gasteiger partial charge is 0.261 e. The number of sulfonamides is 1. The molecule has 8 nitrogen and oxygen atoms in total. The van der Waals surface area contributed by atoms with Crippen molar-refractivity contribution in [2.75, 3.05) is 42.3 Å². The summed E-state index contributed by atoms with van der Waals surface area (Å²) in [5.41, 5.74) is 2.67. The summed E-state index contributed by atoms with van der Waals surface area (Å²) >= 11 is 0. The Labute approximate surface area is 196 Å². The highest BCUT2D eigenvalue weighted by Gasteiger charge is 2.29. The highest BCUT2D eigenvalue weighted by molar-refractivity contribution is 7.92. The summed E-state index contributed by atoms with van der Waals surface area (Å²) in [4.78, 5) is 22.4. The minimum Gasteiger partial charge on any atom is -0.353 e. The molecule has 33 heavy (non-hydrogen) atoms. The number of nitrogens with one attached hydrogen (secondary N) is 2. The molecule has 2 aromatic rings. The van der Waals surface area contributed by atoms with E-state index in [0.717, 1.165) is 56.6 Å². The molecule has 3 heterocycles. The van der Waals surface area contributed by atoms with Crippen LogP contribution in [-0.2, 0) is 10.0 Å². The van der Waals surface area contributed by atoms with Crippen molar-refractivity contribution in [3.05, 3.63) is 47.2 Å². The largest absolute Gasteiger partial charge is 0.353 e. The number of hydrogen-bond acceptors (Lipinski definition) is 6. The number of piperidine rings is 1. The van der Waals surface area contributed by atoms with E-state index in [1.807, 2.05) is 18.7 Å². The third-order valence-electron chi connectivity index (χ3n) is 6.62. The SMILES string of the molecule is Cc1ccc(S(=O)(=O)Nc2cnc(N3CCNCC3)c(C(=O)N3CCCC[C@H]3C)c2)cc1C. The molecule has 2 aliphatic rings. The van der Waals surface area contributed by atoms with Gasteiger partial charge in [-0.25, -0.2) is 13.4 Å². The van der Waals surface area contributed by atoms with Gasteiger partial charge in [0.2, 0.25) is 0 Å². The van der Waals surface area contributed by atoms with E-state index in [-0.39, 0.29) is 16.8 Å². The zero-order valence-corrected chi connectivity index (χ0v) is 20.4. The number of piperazine rings is 1. The van der Waals surface area contributed by atoms with E-state index < -0.39 is 10.0 Å². The van der Waals surface area contributed by atoms with Crippen molar-refractivity contribution in [1.82, 2.24) is 15.2 Å². The van der Waals surface area contributed by atoms with E-state index in [1.54, 1.807) is 24.3 Å². The van der Waals surface area contributed by atoms with E-state index in [0.29, 0.717) is 23.6 Å². The first-order valence-electron chi connectivity index (χ1n) is 11.6. The van der Waals surface area contributed by atoms with E-state index >= 15 is 0 Å². The fraction of sp³-hybridized carbons (Fsp3) is 0.500. The second-order valence-corrected chi connectivity index (χ2v) is 10.7. The van der Waals surface area contributed by atoms with Gasteiger partial charge < -0.3 is 15.1 Å². The second-order valence-electron chi connectivity index (χ2n) is 9.03. The molecule has 0 radical (unpaired) electrons. The van der Waals surface area contributed by atoms with Gasteiger partial charge in [0.15, 0.2) is 0 Å². The third-order valence-corrected chi connectivity index (χ3v) is 8.00. The standard InChI is InChI=1S/C24H33N5O3S/c1-17-7-8-21(14-18(17)2)33(31,32)27-20-15-22(24(30)29-11-5-4-6-19(29)3)23(26-16-20)28-12-9-25-10-13-28/h7-8,14-16,19,25,27H,4-6,9-13H2,1-3H3/t19-/m1/s1. The van der Waals surface area contributed by atoms with Gasteiger partial charge >= 0.3 is 0 Å². The number of benzene rings is 1. The summed E-state index contributed by atoms with van der Waals surface area (Å²) in [6.45, 7) is 9.73. The Morgan fingerprint density at radius 3 is 2.55 bits per heavy atom. The first-order valence-corrected chi connectivity index (χ1v) is 13.1. The lowest BCUT2D eigenvalue weighted by molar-refractivity contribution is 0.0636. The van der Waals surface area contributed by atoms with Crippen LogP contribution in [0.3, 0.4) is 0 Å². The lowest BCUT2D eigenvalue weighted by Crippen LogP contribution is -2.46. The molecule has 9 heteroatoms. The monoisotopic (exact) mass is 471 g/mol. The number of hydrogen-bond donors (Lipinski definition) is 2. The van der Waals surface area contributed by atoms with E-state index in [9.17, 15) is 13.2 Å². The average molecular weight is 472 g/mol. The maximum atomic E-state index is 13.6. The van der Waals surface area contributed by atoms with Crippen molar-refractivity contribution in [3.63, 3.8) is 0 Å². The lowest BCUT2D eigenvalue weighted by Gasteiger charge is -2.35. The molecule has 0 spiro atoms. The number of likely N-dealkylation sites (tertiary alicyclic amines) is 1. The summed E-state index contributed by atoms with van der Waals surface area (Å²) < 4.78 is 28.7. The highest BCUT2D eigenvalue weighted by atomic mass is 32.2. The number of aryl methyl sites for hydroxylation is 2. The van der Waals surface area contributed by atoms with Crippen LogP contribution in [0.1, 0.15) is 47.7 Å². The summed E-state index contributed by atoms with van der Waals surface area (Å²) in [5.74, 6) is 0.531. The second kappa shape index (κ2) is 9.69. The van der Waals surface area contributed by atoms with Crippen molar-refractivity contribution >= 4 is 27.4 Å². The van der Waals surface area contributed by atoms with Crippen molar-refractivity contribution in [1.29, 1.82) is 0 Å². The topological polar surface area (TPSA) is 94.6 Å². The van der Waals surface area contributed by atoms with Crippen LogP contribution < -0.4 is 14.9 Å². The quantitative estimate of drug-likeness (QED) is 0.696. The Morgan fingerprint density at radius 1 is 1.09 bits per heavy atom. The van der Waals surface area contributed by atoms with Gasteiger partial charge in [-0.05, 0) is 69.4 Å². The van der Waals surface area contributed by atoms with Crippen molar-refractivity contribution in [2.24, 2.45) is 0 Å². The third kappa shape index (κ3) is 5.14. The zero-order chi connectivity index (χ0) is 23.6. The number of nitrogens with zero attached hydrogens (tertiary/aromatic N) is 3. The Kier molecular flexibility index (Phi) is 6.90. The minimum absolute atomic E-state index is 0.0875. The van der Waals surface area contributed by atoms with Crippen LogP contribution in [0.2, 0.25) is 0 Å². The van der Waals surface area contributed by atoms with E-state index in [1.165, 1.54) is 6.20 Å². The van der Waals surface area contributed by atoms with Crippen LogP contribution >= 0.6 is 0 Å². The summed E-state index contributed by atoms with van der Waals surface area (Å²) in [7, 11) is -3.81. The number of carbonyl (C=O) groups excluding carboxylic acids is 1. The Hall–Kier alpha value is -2.65. The van der Waals surface area contributed by atoms with E-state index in [2.05, 4.69) is 26.8 Å². The van der Waals surface area contributed by atoms with Gasteiger partial charge in [-0.3, -0.25) is 9.52 Å². The molecular weight excluding hydrogens is 438 g/mol. The van der Waals surface area contributed by atoms with Crippen molar-refractivity contribution in [3.8, 4) is 0 Å². The Bertz CT molecular complexity index is 1130. The highest BCUT2D eigenvalue weighted by Crippen LogP contribution is 2.28. The predicted octanol–water partition coefficient (Wildman–Crippen LogP) is 2.92. The average Bonchev–Trinajstić information content (AvgIpc) is 2.81. The van der Waals surface area contributed by atoms with Gasteiger partial charge in [0.1, 0.15) is 5.82 Å². The normalized spacial score (nSPS) is 19.4. The number of amides is 1. The minimum atomic E-state index is -3.81. The molecule has 1 atom stereocenters. The molecule has 4 rings (SSSR count). The summed E-state index contributed by atoms with van der Waals surface area (Å²) in [5, 5.41) is 3.32. The maximum Gasteiger partial charge on any atom is 0.261 e. The molecule has 0 bridgehead atoms. The number of anilines is 2. The number of aromatic nitrogens is 1. The Balaban J connectivity index is 1.68. The first-order chi connectivity index (χ1) is 15.8. The fourth-order valence-electron chi connectivity index (χ4n) is 4.45. The van der Waals surface area contributed by atoms with Crippen LogP contribution in [0.15, 0.2) is 35.4 Å². The zero-order valence-electron chi connectivity index (χ0n) is 19.6. The molecule has 1 aromatic heterocycles. The number of carbonyl (C=O) groups is 1. The Morgan fingerprint density at radius 2 is 1.85 bits per heavy atom. The fourth-order valence-corrected chi connectivity index (χ4v) is 5.57. The molecule has 0 unspecified atom stereocenters. The summed E-state index contributed by atoms with van der Waals surface area (Å²) in [6.07, 6.45) is 4.57. The molecule has 1 amide bonds. The van der Waals surface area contributed by atoms with Gasteiger partial charge in [-0.2, -0.15) is 0 Å². The van der Waals surface area contributed by atoms with Crippen molar-refractivity contribution in [2.45, 2.75) is 51.0 Å². The molecule has 0 saturated carbocycles. The van der Waals surface area contributed by atoms with Gasteiger partial charge in [-0.15, -0.1) is 0 Å². The van der Waals surface area contributed by atoms with Crippen molar-refractivity contribution < 1.29 is 13.2 Å². The number of pyridine rings is 1. The molecule has 2 aliphatic heterocycles. The van der Waals surface area contributed by atoms with Crippen LogP contribution in [-0.4, -0.2) is 63.0 Å². The van der Waals surface area contributed by atoms with E-state index in [4.69, 9.17) is 0 Å². The van der Waals surface area contributed by atoms with Gasteiger partial charge in [0.25, 0.3) is 15.9 Å². The maximum absolute atomic E-state index is 13.6. The van der Waals surface area contributed by atoms with Crippen LogP contribution in [0.5, 0.6) is 0 Å². The molecule has 2 fully saturated rings. The lowest BCUT2D eigenvalue weighted by atomic mass is 10.0. The molecule has 2 N–H and O–H groups in total. The van der Waals surface area contributed by atoms with Gasteiger partial charge in [0.05, 0.1) is 22.3 Å². The molecule has 1 aromatic carbocycles. The summed E-state index contributed by atoms with van der Waals surface area (Å²) in [6, 6.07) is 6.84. The van der Waals surface area contributed by atoms with Crippen LogP contribution in [0.25, 0.3) is 0 Å². The molecule has 178 valence electrons. The molecule has 0 aliphatic carbocycles. The number of rotatable bonds is 5. The molecule has 2 saturated heterocycles. The van der Waals surface area contributed by atoms with Crippen LogP contribution in [0, 0.1) is 13.8 Å². The van der Waals surface area contributed by atoms with Gasteiger partial charge in [-0.1, -0.05) is 6.07 Å². The van der Waals surface area contributed by atoms with Gasteiger partial charge in [0, 0.05) is 38.8 Å². The first kappa shape index (κ1) is 23.5.